The summed E-state index contributed by atoms with van der Waals surface area (Å²) in [5.74, 6) is 0.790. The van der Waals surface area contributed by atoms with Crippen LogP contribution >= 0.6 is 0 Å². The van der Waals surface area contributed by atoms with Crippen LogP contribution < -0.4 is 10.6 Å². The molecule has 3 aromatic heterocycles. The van der Waals surface area contributed by atoms with Crippen molar-refractivity contribution in [3.8, 4) is 11.4 Å². The van der Waals surface area contributed by atoms with E-state index in [9.17, 15) is 4.79 Å². The molecule has 3 heterocycles. The second-order valence-electron chi connectivity index (χ2n) is 6.58. The number of hydrogen-bond donors (Lipinski definition) is 2. The Kier molecular flexibility index (Phi) is 6.00. The molecule has 0 saturated carbocycles. The smallest absolute Gasteiger partial charge is 0.270 e. The van der Waals surface area contributed by atoms with Gasteiger partial charge in [-0.15, -0.1) is 0 Å². The number of anilines is 1. The second kappa shape index (κ2) is 9.38. The van der Waals surface area contributed by atoms with Gasteiger partial charge >= 0.3 is 0 Å². The monoisotopic (exact) mass is 396 g/mol. The summed E-state index contributed by atoms with van der Waals surface area (Å²) in [5.41, 5.74) is 3.11. The van der Waals surface area contributed by atoms with Crippen molar-refractivity contribution in [1.82, 2.24) is 25.3 Å². The van der Waals surface area contributed by atoms with E-state index in [1.165, 1.54) is 0 Å². The van der Waals surface area contributed by atoms with E-state index in [-0.39, 0.29) is 5.91 Å². The molecule has 4 rings (SSSR count). The lowest BCUT2D eigenvalue weighted by atomic mass is 10.2. The van der Waals surface area contributed by atoms with Crippen molar-refractivity contribution >= 4 is 11.7 Å². The maximum absolute atomic E-state index is 12.8. The Morgan fingerprint density at radius 1 is 0.800 bits per heavy atom. The van der Waals surface area contributed by atoms with Crippen LogP contribution in [0.5, 0.6) is 0 Å². The molecule has 0 bridgehead atoms. The summed E-state index contributed by atoms with van der Waals surface area (Å²) in [5, 5.41) is 6.16. The third kappa shape index (κ3) is 5.02. The molecule has 0 aliphatic rings. The van der Waals surface area contributed by atoms with Gasteiger partial charge in [0, 0.05) is 49.5 Å². The molecule has 0 aliphatic carbocycles. The number of rotatable bonds is 7. The lowest BCUT2D eigenvalue weighted by Crippen LogP contribution is -2.24. The summed E-state index contributed by atoms with van der Waals surface area (Å²) in [4.78, 5) is 30.0. The standard InChI is InChI=1S/C23H20N6O/c30-23(27-15-17-8-11-24-12-9-17)20-13-21(26-16-18-5-4-10-25-14-18)29-22(28-20)19-6-2-1-3-7-19/h1-14H,15-16H2,(H,27,30)(H,26,28,29). The Morgan fingerprint density at radius 2 is 1.63 bits per heavy atom. The SMILES string of the molecule is O=C(NCc1ccncc1)c1cc(NCc2cccnc2)nc(-c2ccccc2)n1. The number of nitrogens with zero attached hydrogens (tertiary/aromatic N) is 4. The third-order valence-corrected chi connectivity index (χ3v) is 4.39. The van der Waals surface area contributed by atoms with E-state index in [4.69, 9.17) is 0 Å². The number of carbonyl (C=O) groups excluding carboxylic acids is 1. The Morgan fingerprint density at radius 3 is 2.40 bits per heavy atom. The van der Waals surface area contributed by atoms with Gasteiger partial charge in [-0.1, -0.05) is 36.4 Å². The van der Waals surface area contributed by atoms with Gasteiger partial charge in [-0.3, -0.25) is 14.8 Å². The zero-order chi connectivity index (χ0) is 20.6. The fraction of sp³-hybridized carbons (Fsp3) is 0.0870. The van der Waals surface area contributed by atoms with Crippen LogP contribution in [0.3, 0.4) is 0 Å². The number of nitrogens with one attached hydrogen (secondary N) is 2. The van der Waals surface area contributed by atoms with E-state index in [0.717, 1.165) is 16.7 Å². The number of hydrogen-bond acceptors (Lipinski definition) is 6. The highest BCUT2D eigenvalue weighted by Crippen LogP contribution is 2.18. The number of amides is 1. The van der Waals surface area contributed by atoms with Crippen molar-refractivity contribution in [3.05, 3.63) is 102 Å². The zero-order valence-corrected chi connectivity index (χ0v) is 16.2. The minimum atomic E-state index is -0.268. The van der Waals surface area contributed by atoms with Crippen LogP contribution in [0.4, 0.5) is 5.82 Å². The largest absolute Gasteiger partial charge is 0.366 e. The molecule has 7 nitrogen and oxygen atoms in total. The Bertz CT molecular complexity index is 1100. The summed E-state index contributed by atoms with van der Waals surface area (Å²) >= 11 is 0. The molecule has 2 N–H and O–H groups in total. The molecule has 7 heteroatoms. The topological polar surface area (TPSA) is 92.7 Å². The average molecular weight is 396 g/mol. The van der Waals surface area contributed by atoms with Crippen LogP contribution in [0.15, 0.2) is 85.5 Å². The maximum atomic E-state index is 12.8. The zero-order valence-electron chi connectivity index (χ0n) is 16.2. The number of aromatic nitrogens is 4. The molecule has 1 aromatic carbocycles. The molecular formula is C23H20N6O. The van der Waals surface area contributed by atoms with Crippen molar-refractivity contribution in [2.45, 2.75) is 13.1 Å². The quantitative estimate of drug-likeness (QED) is 0.497. The predicted octanol–water partition coefficient (Wildman–Crippen LogP) is 3.48. The minimum absolute atomic E-state index is 0.268. The molecule has 0 spiro atoms. The van der Waals surface area contributed by atoms with E-state index in [1.807, 2.05) is 54.6 Å². The fourth-order valence-corrected chi connectivity index (χ4v) is 2.84. The first-order chi connectivity index (χ1) is 14.8. The van der Waals surface area contributed by atoms with E-state index in [1.54, 1.807) is 30.9 Å². The molecule has 30 heavy (non-hydrogen) atoms. The van der Waals surface area contributed by atoms with Gasteiger partial charge in [0.05, 0.1) is 0 Å². The highest BCUT2D eigenvalue weighted by molar-refractivity contribution is 5.93. The number of pyridine rings is 2. The van der Waals surface area contributed by atoms with Crippen LogP contribution in [0.25, 0.3) is 11.4 Å². The van der Waals surface area contributed by atoms with Gasteiger partial charge in [0.25, 0.3) is 5.91 Å². The second-order valence-corrected chi connectivity index (χ2v) is 6.58. The lowest BCUT2D eigenvalue weighted by Gasteiger charge is -2.11. The van der Waals surface area contributed by atoms with Gasteiger partial charge in [0.1, 0.15) is 11.5 Å². The number of benzene rings is 1. The van der Waals surface area contributed by atoms with Gasteiger partial charge in [0.15, 0.2) is 5.82 Å². The van der Waals surface area contributed by atoms with Crippen molar-refractivity contribution in [1.29, 1.82) is 0 Å². The van der Waals surface area contributed by atoms with Crippen molar-refractivity contribution in [2.75, 3.05) is 5.32 Å². The minimum Gasteiger partial charge on any atom is -0.366 e. The Labute approximate surface area is 174 Å². The van der Waals surface area contributed by atoms with Crippen LogP contribution in [0.1, 0.15) is 21.6 Å². The summed E-state index contributed by atoms with van der Waals surface area (Å²) in [7, 11) is 0. The predicted molar refractivity (Wildman–Crippen MR) is 114 cm³/mol. The highest BCUT2D eigenvalue weighted by atomic mass is 16.1. The van der Waals surface area contributed by atoms with E-state index in [2.05, 4.69) is 30.6 Å². The normalized spacial score (nSPS) is 10.4. The van der Waals surface area contributed by atoms with Crippen molar-refractivity contribution in [2.24, 2.45) is 0 Å². The first-order valence-electron chi connectivity index (χ1n) is 9.52. The van der Waals surface area contributed by atoms with Gasteiger partial charge < -0.3 is 10.6 Å². The molecule has 0 aliphatic heterocycles. The molecule has 4 aromatic rings. The van der Waals surface area contributed by atoms with Crippen molar-refractivity contribution in [3.63, 3.8) is 0 Å². The fourth-order valence-electron chi connectivity index (χ4n) is 2.84. The summed E-state index contributed by atoms with van der Waals surface area (Å²) in [6, 6.07) is 18.8. The molecule has 0 radical (unpaired) electrons. The number of carbonyl (C=O) groups is 1. The van der Waals surface area contributed by atoms with Gasteiger partial charge in [-0.25, -0.2) is 9.97 Å². The van der Waals surface area contributed by atoms with Gasteiger partial charge in [-0.2, -0.15) is 0 Å². The van der Waals surface area contributed by atoms with Crippen LogP contribution in [0.2, 0.25) is 0 Å². The van der Waals surface area contributed by atoms with Crippen LogP contribution in [-0.2, 0) is 13.1 Å². The molecular weight excluding hydrogens is 376 g/mol. The first-order valence-corrected chi connectivity index (χ1v) is 9.52. The van der Waals surface area contributed by atoms with Crippen molar-refractivity contribution < 1.29 is 4.79 Å². The third-order valence-electron chi connectivity index (χ3n) is 4.39. The summed E-state index contributed by atoms with van der Waals surface area (Å²) < 4.78 is 0. The Hall–Kier alpha value is -4.13. The lowest BCUT2D eigenvalue weighted by molar-refractivity contribution is 0.0946. The molecule has 1 amide bonds. The molecule has 0 saturated heterocycles. The van der Waals surface area contributed by atoms with E-state index >= 15 is 0 Å². The first kappa shape index (κ1) is 19.2. The van der Waals surface area contributed by atoms with Crippen LogP contribution in [-0.4, -0.2) is 25.8 Å². The van der Waals surface area contributed by atoms with Gasteiger partial charge in [0.2, 0.25) is 0 Å². The Balaban J connectivity index is 1.57. The summed E-state index contributed by atoms with van der Waals surface area (Å²) in [6.45, 7) is 0.932. The maximum Gasteiger partial charge on any atom is 0.270 e. The molecule has 0 unspecified atom stereocenters. The average Bonchev–Trinajstić information content (AvgIpc) is 2.83. The molecule has 148 valence electrons. The molecule has 0 fully saturated rings. The van der Waals surface area contributed by atoms with Crippen LogP contribution in [0, 0.1) is 0 Å². The highest BCUT2D eigenvalue weighted by Gasteiger charge is 2.13. The van der Waals surface area contributed by atoms with E-state index in [0.29, 0.717) is 30.4 Å². The molecule has 0 atom stereocenters. The summed E-state index contributed by atoms with van der Waals surface area (Å²) in [6.07, 6.45) is 6.90. The van der Waals surface area contributed by atoms with Gasteiger partial charge in [-0.05, 0) is 29.3 Å². The van der Waals surface area contributed by atoms with E-state index < -0.39 is 0 Å².